The minimum absolute atomic E-state index is 0.0753. The van der Waals surface area contributed by atoms with Crippen molar-refractivity contribution in [1.29, 1.82) is 0 Å². The molecule has 0 radical (unpaired) electrons. The third-order valence-electron chi connectivity index (χ3n) is 7.22. The molecule has 0 unspecified atom stereocenters. The average molecular weight is 411 g/mol. The van der Waals surface area contributed by atoms with Crippen molar-refractivity contribution in [2.75, 3.05) is 4.90 Å². The van der Waals surface area contributed by atoms with Gasteiger partial charge in [0.1, 0.15) is 5.75 Å². The number of carbonyl (C=O) groups is 3. The summed E-state index contributed by atoms with van der Waals surface area (Å²) >= 11 is 0. The number of esters is 1. The summed E-state index contributed by atoms with van der Waals surface area (Å²) in [4.78, 5) is 39.9. The van der Waals surface area contributed by atoms with Gasteiger partial charge in [0.15, 0.2) is 0 Å². The second-order valence-electron chi connectivity index (χ2n) is 8.84. The van der Waals surface area contributed by atoms with Crippen LogP contribution in [0.5, 0.6) is 5.75 Å². The number of benzene rings is 3. The Morgan fingerprint density at radius 3 is 2.13 bits per heavy atom. The molecule has 3 fully saturated rings. The molecule has 4 atom stereocenters. The Morgan fingerprint density at radius 2 is 1.45 bits per heavy atom. The Balaban J connectivity index is 1.21. The van der Waals surface area contributed by atoms with Crippen LogP contribution in [0.4, 0.5) is 5.69 Å². The van der Waals surface area contributed by atoms with Crippen LogP contribution in [0, 0.1) is 23.7 Å². The third kappa shape index (κ3) is 2.80. The van der Waals surface area contributed by atoms with Gasteiger partial charge in [0.2, 0.25) is 11.8 Å². The largest absolute Gasteiger partial charge is 0.423 e. The molecule has 2 amide bonds. The van der Waals surface area contributed by atoms with Crippen LogP contribution in [-0.2, 0) is 9.59 Å². The summed E-state index contributed by atoms with van der Waals surface area (Å²) in [6.07, 6.45) is 3.12. The predicted molar refractivity (Wildman–Crippen MR) is 116 cm³/mol. The molecule has 3 aromatic carbocycles. The van der Waals surface area contributed by atoms with Crippen LogP contribution in [0.3, 0.4) is 0 Å². The number of hydrogen-bond donors (Lipinski definition) is 0. The number of nitrogens with zero attached hydrogens (tertiary/aromatic N) is 1. The number of imide groups is 1. The van der Waals surface area contributed by atoms with Crippen molar-refractivity contribution >= 4 is 34.2 Å². The molecule has 2 bridgehead atoms. The van der Waals surface area contributed by atoms with Crippen molar-refractivity contribution in [3.8, 4) is 5.75 Å². The van der Waals surface area contributed by atoms with Gasteiger partial charge in [0.25, 0.3) is 0 Å². The zero-order valence-electron chi connectivity index (χ0n) is 16.9. The number of hydrogen-bond acceptors (Lipinski definition) is 4. The first-order valence-electron chi connectivity index (χ1n) is 10.8. The van der Waals surface area contributed by atoms with E-state index in [4.69, 9.17) is 4.74 Å². The number of amides is 2. The Morgan fingerprint density at radius 1 is 0.806 bits per heavy atom. The highest BCUT2D eigenvalue weighted by Gasteiger charge is 2.61. The summed E-state index contributed by atoms with van der Waals surface area (Å²) in [5, 5.41) is 2.07. The van der Waals surface area contributed by atoms with Gasteiger partial charge < -0.3 is 4.74 Å². The van der Waals surface area contributed by atoms with Crippen LogP contribution in [0.2, 0.25) is 0 Å². The quantitative estimate of drug-likeness (QED) is 0.359. The highest BCUT2D eigenvalue weighted by atomic mass is 16.5. The van der Waals surface area contributed by atoms with Crippen LogP contribution >= 0.6 is 0 Å². The van der Waals surface area contributed by atoms with Crippen molar-refractivity contribution in [1.82, 2.24) is 0 Å². The zero-order valence-corrected chi connectivity index (χ0v) is 16.9. The van der Waals surface area contributed by atoms with Gasteiger partial charge >= 0.3 is 5.97 Å². The Hall–Kier alpha value is -3.47. The maximum absolute atomic E-state index is 13.0. The Kier molecular flexibility index (Phi) is 4.00. The van der Waals surface area contributed by atoms with Gasteiger partial charge in [-0.15, -0.1) is 0 Å². The minimum Gasteiger partial charge on any atom is -0.423 e. The van der Waals surface area contributed by atoms with Gasteiger partial charge in [-0.05, 0) is 78.3 Å². The lowest BCUT2D eigenvalue weighted by Crippen LogP contribution is -2.32. The molecule has 1 saturated heterocycles. The van der Waals surface area contributed by atoms with Crippen molar-refractivity contribution in [3.05, 3.63) is 72.3 Å². The van der Waals surface area contributed by atoms with Crippen LogP contribution in [0.15, 0.2) is 66.7 Å². The second kappa shape index (κ2) is 6.77. The molecule has 0 N–H and O–H groups in total. The zero-order chi connectivity index (χ0) is 21.1. The molecule has 1 aliphatic heterocycles. The van der Waals surface area contributed by atoms with E-state index in [1.54, 1.807) is 30.3 Å². The SMILES string of the molecule is O=C(Oc1ccc2ccccc2c1)c1ccc(N2C(=O)[C@H]3[C@H]4CC[C@@H](C4)[C@@H]3C2=O)cc1. The molecule has 5 nitrogen and oxygen atoms in total. The lowest BCUT2D eigenvalue weighted by Gasteiger charge is -2.19. The molecule has 3 aromatic rings. The fourth-order valence-corrected chi connectivity index (χ4v) is 5.81. The van der Waals surface area contributed by atoms with E-state index in [2.05, 4.69) is 0 Å². The van der Waals surface area contributed by atoms with Gasteiger partial charge in [0.05, 0.1) is 23.1 Å². The molecule has 154 valence electrons. The molecule has 2 aliphatic carbocycles. The Bertz CT molecular complexity index is 1200. The number of fused-ring (bicyclic) bond motifs is 6. The van der Waals surface area contributed by atoms with Crippen LogP contribution < -0.4 is 9.64 Å². The molecule has 3 aliphatic rings. The lowest BCUT2D eigenvalue weighted by atomic mass is 9.81. The number of ether oxygens (including phenoxy) is 1. The summed E-state index contributed by atoms with van der Waals surface area (Å²) in [5.41, 5.74) is 0.905. The predicted octanol–water partition coefficient (Wildman–Crippen LogP) is 4.59. The molecule has 1 heterocycles. The van der Waals surface area contributed by atoms with Gasteiger partial charge in [-0.1, -0.05) is 30.3 Å². The average Bonchev–Trinajstić information content (AvgIpc) is 3.47. The van der Waals surface area contributed by atoms with E-state index in [0.29, 0.717) is 28.8 Å². The molecular weight excluding hydrogens is 390 g/mol. The normalized spacial score (nSPS) is 26.5. The fraction of sp³-hybridized carbons (Fsp3) is 0.269. The molecule has 31 heavy (non-hydrogen) atoms. The third-order valence-corrected chi connectivity index (χ3v) is 7.22. The summed E-state index contributed by atoms with van der Waals surface area (Å²) in [6, 6.07) is 19.9. The maximum atomic E-state index is 13.0. The topological polar surface area (TPSA) is 63.7 Å². The van der Waals surface area contributed by atoms with E-state index in [1.165, 1.54) is 4.90 Å². The number of carbonyl (C=O) groups excluding carboxylic acids is 3. The van der Waals surface area contributed by atoms with E-state index in [9.17, 15) is 14.4 Å². The first-order chi connectivity index (χ1) is 15.1. The minimum atomic E-state index is -0.476. The molecule has 6 rings (SSSR count). The summed E-state index contributed by atoms with van der Waals surface area (Å²) in [7, 11) is 0. The van der Waals surface area contributed by atoms with Gasteiger partial charge in [-0.2, -0.15) is 0 Å². The van der Waals surface area contributed by atoms with E-state index in [1.807, 2.05) is 36.4 Å². The van der Waals surface area contributed by atoms with Crippen LogP contribution in [-0.4, -0.2) is 17.8 Å². The van der Waals surface area contributed by atoms with Crippen molar-refractivity contribution in [3.63, 3.8) is 0 Å². The van der Waals surface area contributed by atoms with E-state index >= 15 is 0 Å². The molecular formula is C26H21NO4. The summed E-state index contributed by atoms with van der Waals surface area (Å²) in [5.74, 6) is 0.257. The Labute approximate surface area is 179 Å². The van der Waals surface area contributed by atoms with Gasteiger partial charge in [0, 0.05) is 0 Å². The van der Waals surface area contributed by atoms with Crippen LogP contribution in [0.25, 0.3) is 10.8 Å². The highest BCUT2D eigenvalue weighted by Crippen LogP contribution is 2.56. The fourth-order valence-electron chi connectivity index (χ4n) is 5.81. The molecule has 0 aromatic heterocycles. The van der Waals surface area contributed by atoms with E-state index in [-0.39, 0.29) is 23.7 Å². The van der Waals surface area contributed by atoms with Crippen LogP contribution in [0.1, 0.15) is 29.6 Å². The van der Waals surface area contributed by atoms with E-state index in [0.717, 1.165) is 30.0 Å². The van der Waals surface area contributed by atoms with Crippen molar-refractivity contribution in [2.24, 2.45) is 23.7 Å². The standard InChI is InChI=1S/C26H21NO4/c28-24-22-18-5-6-19(13-18)23(22)25(29)27(24)20-10-7-16(8-11-20)26(30)31-21-12-9-15-3-1-2-4-17(15)14-21/h1-4,7-12,14,18-19,22-23H,5-6,13H2/t18-,19-,22-,23-/m0/s1. The smallest absolute Gasteiger partial charge is 0.343 e. The summed E-state index contributed by atoms with van der Waals surface area (Å²) in [6.45, 7) is 0. The molecule has 2 saturated carbocycles. The first-order valence-corrected chi connectivity index (χ1v) is 10.8. The monoisotopic (exact) mass is 411 g/mol. The van der Waals surface area contributed by atoms with Crippen molar-refractivity contribution in [2.45, 2.75) is 19.3 Å². The number of anilines is 1. The lowest BCUT2D eigenvalue weighted by molar-refractivity contribution is -0.123. The van der Waals surface area contributed by atoms with Gasteiger partial charge in [-0.25, -0.2) is 4.79 Å². The first kappa shape index (κ1) is 18.3. The molecule has 0 spiro atoms. The summed E-state index contributed by atoms with van der Waals surface area (Å²) < 4.78 is 5.53. The highest BCUT2D eigenvalue weighted by molar-refractivity contribution is 6.22. The van der Waals surface area contributed by atoms with Gasteiger partial charge in [-0.3, -0.25) is 14.5 Å². The van der Waals surface area contributed by atoms with E-state index < -0.39 is 5.97 Å². The maximum Gasteiger partial charge on any atom is 0.343 e. The van der Waals surface area contributed by atoms with Crippen molar-refractivity contribution < 1.29 is 19.1 Å². The number of rotatable bonds is 3. The molecule has 5 heteroatoms. The second-order valence-corrected chi connectivity index (χ2v) is 8.84.